The molecule has 2 heteroatoms. The largest absolute Gasteiger partial charge is 0.493 e. The van der Waals surface area contributed by atoms with Gasteiger partial charge in [0.15, 0.2) is 0 Å². The maximum absolute atomic E-state index is 10.5. The molecule has 0 aliphatic rings. The summed E-state index contributed by atoms with van der Waals surface area (Å²) in [5.41, 5.74) is 5.05. The van der Waals surface area contributed by atoms with Gasteiger partial charge in [-0.25, -0.2) is 0 Å². The molecule has 0 radical (unpaired) electrons. The monoisotopic (exact) mass is 420 g/mol. The second-order valence-corrected chi connectivity index (χ2v) is 8.64. The SMILES string of the molecule is CCCOc1ccc(C(CC)(CC)c2ccc(C#CC(O)(CC)CC)c(C)c2)cc1C. The first-order valence-electron chi connectivity index (χ1n) is 11.9. The van der Waals surface area contributed by atoms with Crippen LogP contribution < -0.4 is 4.74 Å². The summed E-state index contributed by atoms with van der Waals surface area (Å²) in [7, 11) is 0. The molecule has 0 spiro atoms. The Kier molecular flexibility index (Phi) is 8.78. The van der Waals surface area contributed by atoms with Gasteiger partial charge < -0.3 is 9.84 Å². The zero-order valence-corrected chi connectivity index (χ0v) is 20.6. The van der Waals surface area contributed by atoms with E-state index < -0.39 is 5.60 Å². The van der Waals surface area contributed by atoms with Crippen LogP contribution >= 0.6 is 0 Å². The van der Waals surface area contributed by atoms with Crippen molar-refractivity contribution in [2.45, 2.75) is 91.6 Å². The van der Waals surface area contributed by atoms with Gasteiger partial charge in [0.05, 0.1) is 6.61 Å². The minimum Gasteiger partial charge on any atom is -0.493 e. The van der Waals surface area contributed by atoms with Gasteiger partial charge in [0.25, 0.3) is 0 Å². The van der Waals surface area contributed by atoms with Crippen molar-refractivity contribution in [3.8, 4) is 17.6 Å². The van der Waals surface area contributed by atoms with Crippen molar-refractivity contribution >= 4 is 0 Å². The summed E-state index contributed by atoms with van der Waals surface area (Å²) >= 11 is 0. The lowest BCUT2D eigenvalue weighted by atomic mass is 9.70. The van der Waals surface area contributed by atoms with Gasteiger partial charge in [-0.3, -0.25) is 0 Å². The van der Waals surface area contributed by atoms with Gasteiger partial charge in [-0.15, -0.1) is 0 Å². The number of hydrogen-bond donors (Lipinski definition) is 1. The predicted molar refractivity (Wildman–Crippen MR) is 132 cm³/mol. The highest BCUT2D eigenvalue weighted by Gasteiger charge is 2.31. The van der Waals surface area contributed by atoms with E-state index in [0.717, 1.165) is 42.7 Å². The molecule has 0 bridgehead atoms. The number of rotatable bonds is 9. The van der Waals surface area contributed by atoms with Crippen LogP contribution in [0, 0.1) is 25.7 Å². The summed E-state index contributed by atoms with van der Waals surface area (Å²) in [4.78, 5) is 0. The van der Waals surface area contributed by atoms with Crippen molar-refractivity contribution in [3.63, 3.8) is 0 Å². The molecule has 0 fully saturated rings. The summed E-state index contributed by atoms with van der Waals surface area (Å²) < 4.78 is 5.90. The zero-order valence-electron chi connectivity index (χ0n) is 20.6. The summed E-state index contributed by atoms with van der Waals surface area (Å²) in [5, 5.41) is 10.5. The van der Waals surface area contributed by atoms with Gasteiger partial charge in [0, 0.05) is 11.0 Å². The zero-order chi connectivity index (χ0) is 23.1. The fraction of sp³-hybridized carbons (Fsp3) is 0.517. The van der Waals surface area contributed by atoms with E-state index in [9.17, 15) is 5.11 Å². The molecule has 168 valence electrons. The van der Waals surface area contributed by atoms with Crippen LogP contribution in [0.5, 0.6) is 5.75 Å². The molecule has 0 aliphatic heterocycles. The molecule has 0 aromatic heterocycles. The minimum absolute atomic E-state index is 0.0433. The Hall–Kier alpha value is -2.24. The second kappa shape index (κ2) is 10.9. The van der Waals surface area contributed by atoms with Crippen LogP contribution in [0.3, 0.4) is 0 Å². The average molecular weight is 421 g/mol. The second-order valence-electron chi connectivity index (χ2n) is 8.64. The standard InChI is InChI=1S/C29H40O2/c1-8-19-31-27-16-15-26(21-23(27)7)29(11-4,12-5)25-14-13-24(22(6)20-25)17-18-28(30,9-2)10-3/h13-16,20-21,30H,8-12,19H2,1-7H3. The van der Waals surface area contributed by atoms with Crippen LogP contribution in [0.4, 0.5) is 0 Å². The van der Waals surface area contributed by atoms with Crippen LogP contribution in [-0.2, 0) is 5.41 Å². The lowest BCUT2D eigenvalue weighted by Gasteiger charge is -2.34. The Morgan fingerprint density at radius 3 is 1.87 bits per heavy atom. The molecule has 0 saturated carbocycles. The Balaban J connectivity index is 2.47. The average Bonchev–Trinajstić information content (AvgIpc) is 2.79. The van der Waals surface area contributed by atoms with Crippen molar-refractivity contribution in [1.82, 2.24) is 0 Å². The van der Waals surface area contributed by atoms with Crippen LogP contribution in [0.1, 0.15) is 94.5 Å². The molecular weight excluding hydrogens is 380 g/mol. The molecule has 0 unspecified atom stereocenters. The van der Waals surface area contributed by atoms with Gasteiger partial charge in [0.2, 0.25) is 0 Å². The fourth-order valence-corrected chi connectivity index (χ4v) is 4.27. The van der Waals surface area contributed by atoms with Crippen LogP contribution in [0.15, 0.2) is 36.4 Å². The maximum atomic E-state index is 10.5. The molecule has 2 rings (SSSR count). The predicted octanol–water partition coefficient (Wildman–Crippen LogP) is 7.10. The third-order valence-corrected chi connectivity index (χ3v) is 6.77. The van der Waals surface area contributed by atoms with Crippen molar-refractivity contribution in [1.29, 1.82) is 0 Å². The smallest absolute Gasteiger partial charge is 0.125 e. The highest BCUT2D eigenvalue weighted by atomic mass is 16.5. The van der Waals surface area contributed by atoms with Gasteiger partial charge >= 0.3 is 0 Å². The van der Waals surface area contributed by atoms with E-state index in [1.165, 1.54) is 16.7 Å². The third-order valence-electron chi connectivity index (χ3n) is 6.77. The van der Waals surface area contributed by atoms with Crippen LogP contribution in [0.25, 0.3) is 0 Å². The van der Waals surface area contributed by atoms with E-state index >= 15 is 0 Å². The highest BCUT2D eigenvalue weighted by Crippen LogP contribution is 2.40. The molecule has 0 heterocycles. The summed E-state index contributed by atoms with van der Waals surface area (Å²) in [5.74, 6) is 7.30. The molecule has 1 N–H and O–H groups in total. The van der Waals surface area contributed by atoms with Crippen molar-refractivity contribution in [2.75, 3.05) is 6.61 Å². The molecule has 2 nitrogen and oxygen atoms in total. The molecule has 0 atom stereocenters. The third kappa shape index (κ3) is 5.52. The number of aliphatic hydroxyl groups is 1. The van der Waals surface area contributed by atoms with E-state index in [0.29, 0.717) is 12.8 Å². The number of hydrogen-bond acceptors (Lipinski definition) is 2. The maximum Gasteiger partial charge on any atom is 0.125 e. The first-order chi connectivity index (χ1) is 14.8. The van der Waals surface area contributed by atoms with E-state index in [2.05, 4.69) is 82.9 Å². The number of ether oxygens (including phenoxy) is 1. The summed E-state index contributed by atoms with van der Waals surface area (Å²) in [6, 6.07) is 13.3. The van der Waals surface area contributed by atoms with Gasteiger partial charge in [-0.05, 0) is 80.3 Å². The Morgan fingerprint density at radius 1 is 0.806 bits per heavy atom. The quantitative estimate of drug-likeness (QED) is 0.438. The first kappa shape index (κ1) is 25.0. The number of aryl methyl sites for hydroxylation is 2. The van der Waals surface area contributed by atoms with Crippen molar-refractivity contribution in [3.05, 3.63) is 64.2 Å². The normalized spacial score (nSPS) is 11.7. The van der Waals surface area contributed by atoms with Gasteiger partial charge in [-0.2, -0.15) is 0 Å². The molecule has 2 aromatic carbocycles. The van der Waals surface area contributed by atoms with Crippen LogP contribution in [0.2, 0.25) is 0 Å². The topological polar surface area (TPSA) is 29.5 Å². The van der Waals surface area contributed by atoms with E-state index in [4.69, 9.17) is 4.74 Å². The molecule has 0 amide bonds. The number of benzene rings is 2. The minimum atomic E-state index is -0.902. The van der Waals surface area contributed by atoms with Crippen LogP contribution in [-0.4, -0.2) is 17.3 Å². The lowest BCUT2D eigenvalue weighted by Crippen LogP contribution is -2.26. The van der Waals surface area contributed by atoms with E-state index in [1.807, 2.05) is 13.8 Å². The Bertz CT molecular complexity index is 921. The molecule has 0 saturated heterocycles. The van der Waals surface area contributed by atoms with E-state index in [-0.39, 0.29) is 5.41 Å². The van der Waals surface area contributed by atoms with Crippen molar-refractivity contribution < 1.29 is 9.84 Å². The molecule has 31 heavy (non-hydrogen) atoms. The fourth-order valence-electron chi connectivity index (χ4n) is 4.27. The van der Waals surface area contributed by atoms with Gasteiger partial charge in [-0.1, -0.05) is 70.7 Å². The van der Waals surface area contributed by atoms with Gasteiger partial charge in [0.1, 0.15) is 11.4 Å². The Labute approximate surface area is 190 Å². The first-order valence-corrected chi connectivity index (χ1v) is 11.9. The molecular formula is C29H40O2. The Morgan fingerprint density at radius 2 is 1.39 bits per heavy atom. The molecule has 2 aromatic rings. The van der Waals surface area contributed by atoms with E-state index in [1.54, 1.807) is 0 Å². The summed E-state index contributed by atoms with van der Waals surface area (Å²) in [6.07, 6.45) is 4.33. The lowest BCUT2D eigenvalue weighted by molar-refractivity contribution is 0.0931. The summed E-state index contributed by atoms with van der Waals surface area (Å²) in [6.45, 7) is 15.6. The van der Waals surface area contributed by atoms with Crippen molar-refractivity contribution in [2.24, 2.45) is 0 Å². The molecule has 0 aliphatic carbocycles. The highest BCUT2D eigenvalue weighted by molar-refractivity contribution is 5.50.